The number of amides is 1. The standard InChI is InChI=1S/C21H20FN7O/c1-13-11-29-12-14(10-15(22)20(29)24-13)25-21(30)18-3-2-17-16(26-18)4-5-19(27-17)28-8-6-23-7-9-28/h2-5,10-12,23H,6-9H2,1H3,(H,25,30). The summed E-state index contributed by atoms with van der Waals surface area (Å²) in [6.07, 6.45) is 3.32. The van der Waals surface area contributed by atoms with E-state index in [-0.39, 0.29) is 11.3 Å². The highest BCUT2D eigenvalue weighted by Gasteiger charge is 2.15. The zero-order valence-electron chi connectivity index (χ0n) is 16.4. The molecule has 0 unspecified atom stereocenters. The molecule has 9 heteroatoms. The molecule has 5 rings (SSSR count). The summed E-state index contributed by atoms with van der Waals surface area (Å²) in [5, 5.41) is 6.02. The molecule has 1 amide bonds. The molecular weight excluding hydrogens is 385 g/mol. The van der Waals surface area contributed by atoms with E-state index in [1.807, 2.05) is 12.1 Å². The molecule has 0 aromatic carbocycles. The van der Waals surface area contributed by atoms with Gasteiger partial charge in [-0.3, -0.25) is 4.79 Å². The number of rotatable bonds is 3. The molecule has 0 bridgehead atoms. The molecule has 152 valence electrons. The molecule has 30 heavy (non-hydrogen) atoms. The first kappa shape index (κ1) is 18.4. The third kappa shape index (κ3) is 3.43. The van der Waals surface area contributed by atoms with E-state index in [2.05, 4.69) is 30.5 Å². The third-order valence-electron chi connectivity index (χ3n) is 5.09. The number of fused-ring (bicyclic) bond motifs is 2. The SMILES string of the molecule is Cc1cn2cc(NC(=O)c3ccc4nc(N5CCNCC5)ccc4n3)cc(F)c2n1. The lowest BCUT2D eigenvalue weighted by Gasteiger charge is -2.28. The van der Waals surface area contributed by atoms with Crippen molar-refractivity contribution in [2.75, 3.05) is 36.4 Å². The van der Waals surface area contributed by atoms with Crippen molar-refractivity contribution in [2.24, 2.45) is 0 Å². The number of carbonyl (C=O) groups is 1. The van der Waals surface area contributed by atoms with Gasteiger partial charge in [0.15, 0.2) is 11.5 Å². The minimum atomic E-state index is -0.503. The largest absolute Gasteiger partial charge is 0.354 e. The molecule has 0 spiro atoms. The highest BCUT2D eigenvalue weighted by atomic mass is 19.1. The Morgan fingerprint density at radius 3 is 2.67 bits per heavy atom. The summed E-state index contributed by atoms with van der Waals surface area (Å²) >= 11 is 0. The predicted octanol–water partition coefficient (Wildman–Crippen LogP) is 2.39. The van der Waals surface area contributed by atoms with Crippen LogP contribution in [-0.2, 0) is 0 Å². The average molecular weight is 405 g/mol. The Morgan fingerprint density at radius 2 is 1.83 bits per heavy atom. The van der Waals surface area contributed by atoms with Crippen molar-refractivity contribution in [3.05, 3.63) is 59.9 Å². The van der Waals surface area contributed by atoms with Crippen LogP contribution >= 0.6 is 0 Å². The normalized spacial score (nSPS) is 14.4. The van der Waals surface area contributed by atoms with Gasteiger partial charge in [0.05, 0.1) is 22.4 Å². The molecule has 1 aliphatic heterocycles. The summed E-state index contributed by atoms with van der Waals surface area (Å²) in [5.74, 6) is -0.0157. The molecule has 1 aliphatic rings. The van der Waals surface area contributed by atoms with Gasteiger partial charge in [-0.15, -0.1) is 0 Å². The first-order valence-electron chi connectivity index (χ1n) is 9.76. The van der Waals surface area contributed by atoms with Crippen LogP contribution in [0.4, 0.5) is 15.9 Å². The van der Waals surface area contributed by atoms with Crippen LogP contribution in [0.3, 0.4) is 0 Å². The van der Waals surface area contributed by atoms with Gasteiger partial charge in [0, 0.05) is 44.6 Å². The van der Waals surface area contributed by atoms with Crippen molar-refractivity contribution < 1.29 is 9.18 Å². The Hall–Kier alpha value is -3.59. The highest BCUT2D eigenvalue weighted by Crippen LogP contribution is 2.19. The Morgan fingerprint density at radius 1 is 1.07 bits per heavy atom. The van der Waals surface area contributed by atoms with Crippen molar-refractivity contribution in [1.29, 1.82) is 0 Å². The molecule has 0 radical (unpaired) electrons. The lowest BCUT2D eigenvalue weighted by molar-refractivity contribution is 0.102. The van der Waals surface area contributed by atoms with E-state index < -0.39 is 11.7 Å². The van der Waals surface area contributed by atoms with Crippen LogP contribution in [-0.4, -0.2) is 51.4 Å². The first-order valence-corrected chi connectivity index (χ1v) is 9.76. The molecule has 1 saturated heterocycles. The molecule has 2 N–H and O–H groups in total. The number of piperazine rings is 1. The molecule has 0 saturated carbocycles. The van der Waals surface area contributed by atoms with Gasteiger partial charge in [0.2, 0.25) is 0 Å². The van der Waals surface area contributed by atoms with E-state index in [0.29, 0.717) is 16.9 Å². The quantitative estimate of drug-likeness (QED) is 0.544. The van der Waals surface area contributed by atoms with Gasteiger partial charge >= 0.3 is 0 Å². The van der Waals surface area contributed by atoms with Gasteiger partial charge < -0.3 is 19.9 Å². The van der Waals surface area contributed by atoms with E-state index in [1.165, 1.54) is 6.07 Å². The highest BCUT2D eigenvalue weighted by molar-refractivity contribution is 6.03. The first-order chi connectivity index (χ1) is 14.6. The molecule has 1 fully saturated rings. The second-order valence-corrected chi connectivity index (χ2v) is 7.29. The number of pyridine rings is 3. The zero-order chi connectivity index (χ0) is 20.7. The van der Waals surface area contributed by atoms with Crippen molar-refractivity contribution in [3.63, 3.8) is 0 Å². The number of nitrogens with zero attached hydrogens (tertiary/aromatic N) is 5. The lowest BCUT2D eigenvalue weighted by Crippen LogP contribution is -2.43. The van der Waals surface area contributed by atoms with Crippen molar-refractivity contribution in [2.45, 2.75) is 6.92 Å². The van der Waals surface area contributed by atoms with Crippen LogP contribution in [0.5, 0.6) is 0 Å². The van der Waals surface area contributed by atoms with Crippen LogP contribution in [0.1, 0.15) is 16.2 Å². The summed E-state index contributed by atoms with van der Waals surface area (Å²) in [6, 6.07) is 8.46. The number of nitrogens with one attached hydrogen (secondary N) is 2. The van der Waals surface area contributed by atoms with Crippen LogP contribution in [0.25, 0.3) is 16.7 Å². The minimum absolute atomic E-state index is 0.223. The maximum Gasteiger partial charge on any atom is 0.274 e. The fraction of sp³-hybridized carbons (Fsp3) is 0.238. The van der Waals surface area contributed by atoms with Gasteiger partial charge in [0.25, 0.3) is 5.91 Å². The molecule has 4 aromatic rings. The fourth-order valence-electron chi connectivity index (χ4n) is 3.64. The van der Waals surface area contributed by atoms with Crippen LogP contribution < -0.4 is 15.5 Å². The van der Waals surface area contributed by atoms with E-state index in [0.717, 1.165) is 37.5 Å². The van der Waals surface area contributed by atoms with Crippen LogP contribution in [0.15, 0.2) is 42.7 Å². The number of imidazole rings is 1. The number of halogens is 1. The Balaban J connectivity index is 1.39. The van der Waals surface area contributed by atoms with Crippen molar-refractivity contribution >= 4 is 34.1 Å². The summed E-state index contributed by atoms with van der Waals surface area (Å²) in [6.45, 7) is 5.46. The van der Waals surface area contributed by atoms with Gasteiger partial charge in [-0.1, -0.05) is 0 Å². The maximum atomic E-state index is 14.2. The summed E-state index contributed by atoms with van der Waals surface area (Å²) in [5.41, 5.74) is 2.84. The molecule has 0 aliphatic carbocycles. The molecule has 8 nitrogen and oxygen atoms in total. The van der Waals surface area contributed by atoms with Crippen LogP contribution in [0.2, 0.25) is 0 Å². The zero-order valence-corrected chi connectivity index (χ0v) is 16.4. The monoisotopic (exact) mass is 405 g/mol. The summed E-state index contributed by atoms with van der Waals surface area (Å²) in [4.78, 5) is 28.1. The summed E-state index contributed by atoms with van der Waals surface area (Å²) < 4.78 is 15.8. The number of anilines is 2. The topological polar surface area (TPSA) is 87.5 Å². The molecule has 0 atom stereocenters. The molecular formula is C21H20FN7O. The Bertz CT molecular complexity index is 1260. The number of hydrogen-bond donors (Lipinski definition) is 2. The molecule has 5 heterocycles. The van der Waals surface area contributed by atoms with Gasteiger partial charge in [-0.2, -0.15) is 0 Å². The third-order valence-corrected chi connectivity index (χ3v) is 5.09. The number of carbonyl (C=O) groups excluding carboxylic acids is 1. The fourth-order valence-corrected chi connectivity index (χ4v) is 3.64. The maximum absolute atomic E-state index is 14.2. The Kier molecular flexibility index (Phi) is 4.51. The van der Waals surface area contributed by atoms with E-state index in [9.17, 15) is 9.18 Å². The smallest absolute Gasteiger partial charge is 0.274 e. The van der Waals surface area contributed by atoms with E-state index in [4.69, 9.17) is 0 Å². The van der Waals surface area contributed by atoms with Crippen molar-refractivity contribution in [1.82, 2.24) is 24.7 Å². The lowest BCUT2D eigenvalue weighted by atomic mass is 10.2. The number of aryl methyl sites for hydroxylation is 1. The Labute approximate surface area is 171 Å². The second-order valence-electron chi connectivity index (χ2n) is 7.29. The second kappa shape index (κ2) is 7.34. The number of aromatic nitrogens is 4. The number of hydrogen-bond acceptors (Lipinski definition) is 6. The summed E-state index contributed by atoms with van der Waals surface area (Å²) in [7, 11) is 0. The van der Waals surface area contributed by atoms with Gasteiger partial charge in [-0.25, -0.2) is 19.3 Å². The predicted molar refractivity (Wildman–Crippen MR) is 112 cm³/mol. The van der Waals surface area contributed by atoms with E-state index in [1.54, 1.807) is 35.9 Å². The average Bonchev–Trinajstić information content (AvgIpc) is 3.14. The minimum Gasteiger partial charge on any atom is -0.354 e. The van der Waals surface area contributed by atoms with Crippen LogP contribution in [0, 0.1) is 12.7 Å². The van der Waals surface area contributed by atoms with Crippen molar-refractivity contribution in [3.8, 4) is 0 Å². The van der Waals surface area contributed by atoms with E-state index >= 15 is 0 Å². The van der Waals surface area contributed by atoms with Gasteiger partial charge in [0.1, 0.15) is 11.5 Å². The van der Waals surface area contributed by atoms with Gasteiger partial charge in [-0.05, 0) is 31.2 Å². The molecule has 4 aromatic heterocycles.